The van der Waals surface area contributed by atoms with Crippen LogP contribution in [0.25, 0.3) is 0 Å². The average molecular weight is 230 g/mol. The zero-order chi connectivity index (χ0) is 12.1. The molecule has 0 saturated heterocycles. The van der Waals surface area contributed by atoms with Gasteiger partial charge in [-0.1, -0.05) is 48.1 Å². The van der Waals surface area contributed by atoms with Crippen LogP contribution < -0.4 is 0 Å². The van der Waals surface area contributed by atoms with Crippen LogP contribution >= 0.6 is 0 Å². The highest BCUT2D eigenvalue weighted by molar-refractivity contribution is 5.26. The first-order valence-electron chi connectivity index (χ1n) is 6.42. The van der Waals surface area contributed by atoms with Gasteiger partial charge >= 0.3 is 0 Å². The van der Waals surface area contributed by atoms with Gasteiger partial charge in [0, 0.05) is 12.8 Å². The van der Waals surface area contributed by atoms with Crippen molar-refractivity contribution in [3.05, 3.63) is 35.4 Å². The number of hydrogen-bond acceptors (Lipinski definition) is 0. The van der Waals surface area contributed by atoms with E-state index < -0.39 is 5.67 Å². The third-order valence-corrected chi connectivity index (χ3v) is 3.29. The molecule has 1 unspecified atom stereocenters. The molecule has 0 spiro atoms. The van der Waals surface area contributed by atoms with E-state index in [2.05, 4.69) is 11.8 Å². The monoisotopic (exact) mass is 230 g/mol. The van der Waals surface area contributed by atoms with E-state index in [0.717, 1.165) is 31.2 Å². The molecule has 17 heavy (non-hydrogen) atoms. The second kappa shape index (κ2) is 5.36. The molecule has 0 heterocycles. The molecule has 0 saturated carbocycles. The molecule has 1 aromatic carbocycles. The molecule has 2 rings (SSSR count). The summed E-state index contributed by atoms with van der Waals surface area (Å²) in [5, 5.41) is 0. The van der Waals surface area contributed by atoms with Gasteiger partial charge in [0.1, 0.15) is 0 Å². The van der Waals surface area contributed by atoms with E-state index >= 15 is 0 Å². The number of aryl methyl sites for hydroxylation is 1. The van der Waals surface area contributed by atoms with Gasteiger partial charge in [-0.3, -0.25) is 0 Å². The Bertz CT molecular complexity index is 421. The average Bonchev–Trinajstić information content (AvgIpc) is 2.28. The summed E-state index contributed by atoms with van der Waals surface area (Å²) in [5.74, 6) is 5.83. The number of rotatable bonds is 2. The molecular formula is C16H19F. The van der Waals surface area contributed by atoms with Crippen molar-refractivity contribution in [3.8, 4) is 11.8 Å². The Labute approximate surface area is 103 Å². The Hall–Kier alpha value is -1.29. The van der Waals surface area contributed by atoms with Crippen LogP contribution in [0.4, 0.5) is 4.39 Å². The molecule has 0 amide bonds. The van der Waals surface area contributed by atoms with Crippen molar-refractivity contribution in [2.45, 2.75) is 51.1 Å². The van der Waals surface area contributed by atoms with Crippen molar-refractivity contribution in [3.63, 3.8) is 0 Å². The van der Waals surface area contributed by atoms with E-state index in [1.165, 1.54) is 5.56 Å². The van der Waals surface area contributed by atoms with Crippen LogP contribution in [0.3, 0.4) is 0 Å². The van der Waals surface area contributed by atoms with E-state index in [-0.39, 0.29) is 0 Å². The fourth-order valence-corrected chi connectivity index (χ4v) is 2.24. The predicted molar refractivity (Wildman–Crippen MR) is 69.6 cm³/mol. The normalized spacial score (nSPS) is 24.4. The van der Waals surface area contributed by atoms with Gasteiger partial charge in [0.2, 0.25) is 0 Å². The minimum atomic E-state index is -1.31. The minimum absolute atomic E-state index is 0.431. The SMILES string of the molecule is Cc1ccc(CC2(F)C#CCCCCC2)cc1. The molecule has 0 fully saturated rings. The first-order chi connectivity index (χ1) is 8.18. The number of alkyl halides is 1. The van der Waals surface area contributed by atoms with Gasteiger partial charge in [-0.2, -0.15) is 0 Å². The summed E-state index contributed by atoms with van der Waals surface area (Å²) in [6, 6.07) is 8.10. The summed E-state index contributed by atoms with van der Waals surface area (Å²) in [6.07, 6.45) is 5.03. The predicted octanol–water partition coefficient (Wildman–Crippen LogP) is 4.21. The number of benzene rings is 1. The van der Waals surface area contributed by atoms with Crippen LogP contribution in [0.5, 0.6) is 0 Å². The lowest BCUT2D eigenvalue weighted by atomic mass is 9.89. The maximum absolute atomic E-state index is 14.6. The van der Waals surface area contributed by atoms with Crippen molar-refractivity contribution in [1.82, 2.24) is 0 Å². The summed E-state index contributed by atoms with van der Waals surface area (Å²) < 4.78 is 14.6. The quantitative estimate of drug-likeness (QED) is 0.667. The Morgan fingerprint density at radius 2 is 1.94 bits per heavy atom. The number of hydrogen-bond donors (Lipinski definition) is 0. The van der Waals surface area contributed by atoms with Crippen molar-refractivity contribution >= 4 is 0 Å². The molecule has 0 aliphatic heterocycles. The van der Waals surface area contributed by atoms with E-state index in [9.17, 15) is 4.39 Å². The van der Waals surface area contributed by atoms with Crippen molar-refractivity contribution in [2.24, 2.45) is 0 Å². The number of halogens is 1. The van der Waals surface area contributed by atoms with Crippen LogP contribution in [-0.2, 0) is 6.42 Å². The summed E-state index contributed by atoms with van der Waals surface area (Å²) in [5.41, 5.74) is 0.953. The Morgan fingerprint density at radius 3 is 2.71 bits per heavy atom. The maximum Gasteiger partial charge on any atom is 0.174 e. The smallest absolute Gasteiger partial charge is 0.174 e. The van der Waals surface area contributed by atoms with Gasteiger partial charge in [-0.25, -0.2) is 4.39 Å². The highest BCUT2D eigenvalue weighted by Crippen LogP contribution is 2.26. The molecule has 0 radical (unpaired) electrons. The standard InChI is InChI=1S/C16H19F/c1-14-7-9-15(10-8-14)13-16(17)11-5-3-2-4-6-12-16/h7-10H,2-5,11,13H2,1H3. The van der Waals surface area contributed by atoms with E-state index in [1.54, 1.807) is 0 Å². The van der Waals surface area contributed by atoms with Gasteiger partial charge in [-0.05, 0) is 31.7 Å². The van der Waals surface area contributed by atoms with Gasteiger partial charge in [0.15, 0.2) is 5.67 Å². The minimum Gasteiger partial charge on any atom is -0.229 e. The molecule has 1 atom stereocenters. The zero-order valence-corrected chi connectivity index (χ0v) is 10.4. The molecule has 0 N–H and O–H groups in total. The van der Waals surface area contributed by atoms with E-state index in [4.69, 9.17) is 0 Å². The first-order valence-corrected chi connectivity index (χ1v) is 6.42. The highest BCUT2D eigenvalue weighted by Gasteiger charge is 2.27. The lowest BCUT2D eigenvalue weighted by molar-refractivity contribution is 0.217. The molecular weight excluding hydrogens is 211 g/mol. The van der Waals surface area contributed by atoms with Crippen molar-refractivity contribution in [1.29, 1.82) is 0 Å². The Kier molecular flexibility index (Phi) is 3.84. The molecule has 1 heteroatoms. The lowest BCUT2D eigenvalue weighted by Gasteiger charge is -2.21. The highest BCUT2D eigenvalue weighted by atomic mass is 19.1. The van der Waals surface area contributed by atoms with Gasteiger partial charge in [0.25, 0.3) is 0 Å². The molecule has 0 nitrogen and oxygen atoms in total. The molecule has 90 valence electrons. The second-order valence-corrected chi connectivity index (χ2v) is 4.99. The van der Waals surface area contributed by atoms with Gasteiger partial charge < -0.3 is 0 Å². The van der Waals surface area contributed by atoms with E-state index in [1.807, 2.05) is 31.2 Å². The third kappa shape index (κ3) is 3.60. The van der Waals surface area contributed by atoms with Crippen LogP contribution in [-0.4, -0.2) is 5.67 Å². The molecule has 0 aromatic heterocycles. The Balaban J connectivity index is 2.11. The summed E-state index contributed by atoms with van der Waals surface area (Å²) >= 11 is 0. The molecule has 1 aliphatic rings. The fourth-order valence-electron chi connectivity index (χ4n) is 2.24. The van der Waals surface area contributed by atoms with Crippen LogP contribution in [0.2, 0.25) is 0 Å². The summed E-state index contributed by atoms with van der Waals surface area (Å²) in [6.45, 7) is 2.05. The molecule has 0 bridgehead atoms. The largest absolute Gasteiger partial charge is 0.229 e. The molecule has 1 aromatic rings. The van der Waals surface area contributed by atoms with Crippen LogP contribution in [0, 0.1) is 18.8 Å². The lowest BCUT2D eigenvalue weighted by Crippen LogP contribution is -2.24. The van der Waals surface area contributed by atoms with Gasteiger partial charge in [-0.15, -0.1) is 0 Å². The van der Waals surface area contributed by atoms with Crippen molar-refractivity contribution in [2.75, 3.05) is 0 Å². The van der Waals surface area contributed by atoms with Gasteiger partial charge in [0.05, 0.1) is 0 Å². The first kappa shape index (κ1) is 12.2. The Morgan fingerprint density at radius 1 is 1.18 bits per heavy atom. The van der Waals surface area contributed by atoms with Crippen LogP contribution in [0.15, 0.2) is 24.3 Å². The zero-order valence-electron chi connectivity index (χ0n) is 10.4. The van der Waals surface area contributed by atoms with Crippen LogP contribution in [0.1, 0.15) is 43.2 Å². The fraction of sp³-hybridized carbons (Fsp3) is 0.500. The summed E-state index contributed by atoms with van der Waals surface area (Å²) in [7, 11) is 0. The third-order valence-electron chi connectivity index (χ3n) is 3.29. The molecule has 1 aliphatic carbocycles. The topological polar surface area (TPSA) is 0 Å². The maximum atomic E-state index is 14.6. The van der Waals surface area contributed by atoms with E-state index in [0.29, 0.717) is 12.8 Å². The summed E-state index contributed by atoms with van der Waals surface area (Å²) in [4.78, 5) is 0. The second-order valence-electron chi connectivity index (χ2n) is 4.99. The van der Waals surface area contributed by atoms with Crippen molar-refractivity contribution < 1.29 is 4.39 Å².